The molecule has 0 radical (unpaired) electrons. The molecule has 0 saturated carbocycles. The van der Waals surface area contributed by atoms with Gasteiger partial charge < -0.3 is 5.11 Å². The van der Waals surface area contributed by atoms with Crippen LogP contribution in [0.3, 0.4) is 0 Å². The van der Waals surface area contributed by atoms with E-state index in [0.717, 1.165) is 0 Å². The Morgan fingerprint density at radius 3 is 2.42 bits per heavy atom. The highest BCUT2D eigenvalue weighted by Gasteiger charge is 2.42. The van der Waals surface area contributed by atoms with E-state index in [9.17, 15) is 13.2 Å². The fourth-order valence-corrected chi connectivity index (χ4v) is 3.39. The van der Waals surface area contributed by atoms with E-state index in [-0.39, 0.29) is 5.75 Å². The van der Waals surface area contributed by atoms with Gasteiger partial charge in [0.05, 0.1) is 21.6 Å². The largest absolute Gasteiger partial charge is 0.480 e. The highest BCUT2D eigenvalue weighted by Crippen LogP contribution is 2.27. The number of rotatable bonds is 5. The average Bonchev–Trinajstić information content (AvgIpc) is 2.55. The Kier molecular flexibility index (Phi) is 4.46. The van der Waals surface area contributed by atoms with Crippen molar-refractivity contribution in [1.82, 2.24) is 9.78 Å². The van der Waals surface area contributed by atoms with Crippen LogP contribution in [0.1, 0.15) is 32.2 Å². The molecular weight excluding hydrogens is 336 g/mol. The molecule has 1 heterocycles. The number of aliphatic carboxylic acids is 1. The Morgan fingerprint density at radius 1 is 1.47 bits per heavy atom. The van der Waals surface area contributed by atoms with Gasteiger partial charge in [-0.15, -0.1) is 0 Å². The smallest absolute Gasteiger partial charge is 0.324 e. The van der Waals surface area contributed by atoms with Crippen molar-refractivity contribution < 1.29 is 18.3 Å². The van der Waals surface area contributed by atoms with Crippen molar-refractivity contribution >= 4 is 31.7 Å². The predicted molar refractivity (Wildman–Crippen MR) is 74.7 cm³/mol. The van der Waals surface area contributed by atoms with Gasteiger partial charge in [-0.25, -0.2) is 8.42 Å². The number of aryl methyl sites for hydroxylation is 2. The van der Waals surface area contributed by atoms with Crippen LogP contribution in [0.25, 0.3) is 0 Å². The normalized spacial score (nSPS) is 12.7. The van der Waals surface area contributed by atoms with Gasteiger partial charge in [-0.2, -0.15) is 5.10 Å². The Labute approximate surface area is 120 Å². The van der Waals surface area contributed by atoms with Crippen LogP contribution in [-0.4, -0.2) is 34.0 Å². The number of halogens is 1. The number of aromatic nitrogens is 2. The van der Waals surface area contributed by atoms with E-state index >= 15 is 0 Å². The van der Waals surface area contributed by atoms with Gasteiger partial charge in [0.1, 0.15) is 0 Å². The van der Waals surface area contributed by atoms with Crippen LogP contribution in [0.15, 0.2) is 4.47 Å². The van der Waals surface area contributed by atoms with Crippen LogP contribution in [0, 0.1) is 6.92 Å². The molecule has 8 heteroatoms. The van der Waals surface area contributed by atoms with Crippen LogP contribution >= 0.6 is 15.9 Å². The van der Waals surface area contributed by atoms with Gasteiger partial charge in [-0.3, -0.25) is 9.48 Å². The number of sulfone groups is 1. The third-order valence-electron chi connectivity index (χ3n) is 3.07. The summed E-state index contributed by atoms with van der Waals surface area (Å²) in [5.74, 6) is -1.72. The summed E-state index contributed by atoms with van der Waals surface area (Å²) in [5, 5.41) is 13.2. The Morgan fingerprint density at radius 2 is 2.00 bits per heavy atom. The Hall–Kier alpha value is -0.890. The first-order chi connectivity index (χ1) is 8.54. The van der Waals surface area contributed by atoms with Crippen LogP contribution in [0.4, 0.5) is 0 Å². The van der Waals surface area contributed by atoms with Crippen molar-refractivity contribution in [2.45, 2.75) is 44.7 Å². The van der Waals surface area contributed by atoms with Gasteiger partial charge in [0.15, 0.2) is 14.6 Å². The molecule has 0 bridgehead atoms. The maximum Gasteiger partial charge on any atom is 0.324 e. The summed E-state index contributed by atoms with van der Waals surface area (Å²) in [5.41, 5.74) is 1.16. The highest BCUT2D eigenvalue weighted by molar-refractivity contribution is 9.10. The first kappa shape index (κ1) is 16.2. The third-order valence-corrected chi connectivity index (χ3v) is 6.49. The maximum absolute atomic E-state index is 12.3. The molecule has 1 rings (SSSR count). The van der Waals surface area contributed by atoms with Gasteiger partial charge in [0, 0.05) is 6.54 Å². The van der Waals surface area contributed by atoms with E-state index in [1.165, 1.54) is 13.8 Å². The molecule has 0 aliphatic heterocycles. The van der Waals surface area contributed by atoms with Crippen molar-refractivity contribution in [3.05, 3.63) is 15.9 Å². The molecule has 0 aliphatic carbocycles. The standard InChI is InChI=1S/C11H17BrN2O4S/c1-5-14-8(9(12)7(2)13-14)6-19(17,18)11(3,4)10(15)16/h5-6H2,1-4H3,(H,15,16). The fraction of sp³-hybridized carbons (Fsp3) is 0.636. The number of hydrogen-bond acceptors (Lipinski definition) is 4. The van der Waals surface area contributed by atoms with E-state index in [1.807, 2.05) is 6.92 Å². The minimum Gasteiger partial charge on any atom is -0.480 e. The number of carboxylic acids is 1. The maximum atomic E-state index is 12.3. The topological polar surface area (TPSA) is 89.3 Å². The molecule has 0 spiro atoms. The fourth-order valence-electron chi connectivity index (χ4n) is 1.50. The van der Waals surface area contributed by atoms with Crippen molar-refractivity contribution in [1.29, 1.82) is 0 Å². The van der Waals surface area contributed by atoms with Crippen molar-refractivity contribution in [3.8, 4) is 0 Å². The summed E-state index contributed by atoms with van der Waals surface area (Å²) < 4.78 is 24.8. The van der Waals surface area contributed by atoms with E-state index in [2.05, 4.69) is 21.0 Å². The van der Waals surface area contributed by atoms with E-state index in [1.54, 1.807) is 11.6 Å². The zero-order chi connectivity index (χ0) is 15.0. The minimum atomic E-state index is -3.84. The first-order valence-electron chi connectivity index (χ1n) is 5.72. The summed E-state index contributed by atoms with van der Waals surface area (Å²) in [6.45, 7) is 6.51. The Balaban J connectivity index is 3.27. The zero-order valence-electron chi connectivity index (χ0n) is 11.3. The molecule has 6 nitrogen and oxygen atoms in total. The molecule has 19 heavy (non-hydrogen) atoms. The molecule has 1 N–H and O–H groups in total. The first-order valence-corrected chi connectivity index (χ1v) is 8.16. The van der Waals surface area contributed by atoms with Crippen LogP contribution in [0.2, 0.25) is 0 Å². The van der Waals surface area contributed by atoms with Crippen molar-refractivity contribution in [3.63, 3.8) is 0 Å². The SMILES string of the molecule is CCn1nc(C)c(Br)c1CS(=O)(=O)C(C)(C)C(=O)O. The summed E-state index contributed by atoms with van der Waals surface area (Å²) in [4.78, 5) is 11.1. The summed E-state index contributed by atoms with van der Waals surface area (Å²) in [6, 6.07) is 0. The average molecular weight is 353 g/mol. The van der Waals surface area contributed by atoms with Crippen molar-refractivity contribution in [2.75, 3.05) is 0 Å². The second-order valence-electron chi connectivity index (χ2n) is 4.74. The summed E-state index contributed by atoms with van der Waals surface area (Å²) in [7, 11) is -3.84. The number of nitrogens with zero attached hydrogens (tertiary/aromatic N) is 2. The lowest BCUT2D eigenvalue weighted by Gasteiger charge is -2.20. The number of carbonyl (C=O) groups is 1. The Bertz CT molecular complexity index is 604. The second kappa shape index (κ2) is 5.24. The van der Waals surface area contributed by atoms with Crippen molar-refractivity contribution in [2.24, 2.45) is 0 Å². The van der Waals surface area contributed by atoms with E-state index in [0.29, 0.717) is 22.4 Å². The molecule has 1 aromatic rings. The zero-order valence-corrected chi connectivity index (χ0v) is 13.7. The van der Waals surface area contributed by atoms with Gasteiger partial charge in [-0.1, -0.05) is 0 Å². The molecule has 108 valence electrons. The van der Waals surface area contributed by atoms with Crippen LogP contribution in [-0.2, 0) is 26.9 Å². The second-order valence-corrected chi connectivity index (χ2v) is 8.07. The predicted octanol–water partition coefficient (Wildman–Crippen LogP) is 1.75. The van der Waals surface area contributed by atoms with Gasteiger partial charge in [0.2, 0.25) is 0 Å². The van der Waals surface area contributed by atoms with Gasteiger partial charge >= 0.3 is 5.97 Å². The van der Waals surface area contributed by atoms with Gasteiger partial charge in [0.25, 0.3) is 0 Å². The number of hydrogen-bond donors (Lipinski definition) is 1. The lowest BCUT2D eigenvalue weighted by atomic mass is 10.2. The lowest BCUT2D eigenvalue weighted by Crippen LogP contribution is -2.41. The van der Waals surface area contributed by atoms with Gasteiger partial charge in [-0.05, 0) is 43.6 Å². The molecule has 0 unspecified atom stereocenters. The minimum absolute atomic E-state index is 0.360. The molecule has 0 saturated heterocycles. The van der Waals surface area contributed by atoms with Crippen LogP contribution in [0.5, 0.6) is 0 Å². The molecule has 0 fully saturated rings. The molecule has 1 aromatic heterocycles. The van der Waals surface area contributed by atoms with E-state index in [4.69, 9.17) is 5.11 Å². The quantitative estimate of drug-likeness (QED) is 0.871. The summed E-state index contributed by atoms with van der Waals surface area (Å²) >= 11 is 3.30. The molecule has 0 aromatic carbocycles. The molecular formula is C11H17BrN2O4S. The highest BCUT2D eigenvalue weighted by atomic mass is 79.9. The summed E-state index contributed by atoms with van der Waals surface area (Å²) in [6.07, 6.45) is 0. The molecule has 0 amide bonds. The lowest BCUT2D eigenvalue weighted by molar-refractivity contribution is -0.139. The third kappa shape index (κ3) is 2.84. The van der Waals surface area contributed by atoms with Crippen LogP contribution < -0.4 is 0 Å². The van der Waals surface area contributed by atoms with E-state index < -0.39 is 20.6 Å². The monoisotopic (exact) mass is 352 g/mol. The number of carboxylic acid groups (broad SMARTS) is 1. The molecule has 0 aliphatic rings. The molecule has 0 atom stereocenters.